The number of esters is 1. The van der Waals surface area contributed by atoms with Crippen LogP contribution in [-0.2, 0) is 16.1 Å². The molecule has 0 bridgehead atoms. The van der Waals surface area contributed by atoms with Crippen LogP contribution >= 0.6 is 11.8 Å². The van der Waals surface area contributed by atoms with Crippen molar-refractivity contribution in [3.63, 3.8) is 0 Å². The SMILES string of the molecule is CCOC(=O)Cn1nnnc1C(CCSC)NC1CCC(N)CC1. The molecule has 0 spiro atoms. The van der Waals surface area contributed by atoms with E-state index in [1.165, 1.54) is 0 Å². The third-order valence-corrected chi connectivity index (χ3v) is 4.92. The molecule has 0 radical (unpaired) electrons. The Morgan fingerprint density at radius 1 is 1.46 bits per heavy atom. The fraction of sp³-hybridized carbons (Fsp3) is 0.867. The van der Waals surface area contributed by atoms with E-state index in [0.717, 1.165) is 37.9 Å². The fourth-order valence-corrected chi connectivity index (χ4v) is 3.47. The van der Waals surface area contributed by atoms with Gasteiger partial charge in [-0.05, 0) is 61.5 Å². The van der Waals surface area contributed by atoms with Gasteiger partial charge in [0.15, 0.2) is 5.82 Å². The van der Waals surface area contributed by atoms with Gasteiger partial charge >= 0.3 is 5.97 Å². The highest BCUT2D eigenvalue weighted by Crippen LogP contribution is 2.23. The Labute approximate surface area is 147 Å². The Hall–Kier alpha value is -1.19. The predicted octanol–water partition coefficient (Wildman–Crippen LogP) is 0.890. The highest BCUT2D eigenvalue weighted by Gasteiger charge is 2.26. The van der Waals surface area contributed by atoms with Crippen molar-refractivity contribution in [2.45, 2.75) is 63.7 Å². The van der Waals surface area contributed by atoms with Gasteiger partial charge in [0.25, 0.3) is 0 Å². The average molecular weight is 356 g/mol. The smallest absolute Gasteiger partial charge is 0.327 e. The number of thioether (sulfide) groups is 1. The van der Waals surface area contributed by atoms with Gasteiger partial charge in [-0.15, -0.1) is 5.10 Å². The van der Waals surface area contributed by atoms with Crippen LogP contribution in [0, 0.1) is 0 Å². The van der Waals surface area contributed by atoms with Gasteiger partial charge in [-0.25, -0.2) is 4.68 Å². The molecule has 1 unspecified atom stereocenters. The van der Waals surface area contributed by atoms with Gasteiger partial charge in [-0.2, -0.15) is 11.8 Å². The first-order valence-corrected chi connectivity index (χ1v) is 9.95. The normalized spacial score (nSPS) is 22.3. The van der Waals surface area contributed by atoms with Gasteiger partial charge in [-0.3, -0.25) is 4.79 Å². The maximum Gasteiger partial charge on any atom is 0.327 e. The second-order valence-electron chi connectivity index (χ2n) is 6.11. The lowest BCUT2D eigenvalue weighted by atomic mass is 9.91. The second-order valence-corrected chi connectivity index (χ2v) is 7.10. The van der Waals surface area contributed by atoms with Crippen molar-refractivity contribution < 1.29 is 9.53 Å². The van der Waals surface area contributed by atoms with Crippen molar-refractivity contribution in [2.75, 3.05) is 18.6 Å². The lowest BCUT2D eigenvalue weighted by Crippen LogP contribution is -2.40. The number of carbonyl (C=O) groups excluding carboxylic acids is 1. The van der Waals surface area contributed by atoms with E-state index < -0.39 is 0 Å². The molecule has 1 aliphatic rings. The number of hydrogen-bond acceptors (Lipinski definition) is 8. The van der Waals surface area contributed by atoms with Crippen LogP contribution in [0.5, 0.6) is 0 Å². The van der Waals surface area contributed by atoms with Crippen molar-refractivity contribution in [3.05, 3.63) is 5.82 Å². The Bertz CT molecular complexity index is 504. The van der Waals surface area contributed by atoms with Crippen LogP contribution in [0.3, 0.4) is 0 Å². The summed E-state index contributed by atoms with van der Waals surface area (Å²) in [5.41, 5.74) is 5.99. The van der Waals surface area contributed by atoms with Crippen molar-refractivity contribution in [3.8, 4) is 0 Å². The molecule has 1 aromatic heterocycles. The number of nitrogens with one attached hydrogen (secondary N) is 1. The molecule has 1 aliphatic carbocycles. The molecular formula is C15H28N6O2S. The summed E-state index contributed by atoms with van der Waals surface area (Å²) in [6, 6.07) is 0.771. The lowest BCUT2D eigenvalue weighted by molar-refractivity contribution is -0.144. The number of hydrogen-bond donors (Lipinski definition) is 2. The largest absolute Gasteiger partial charge is 0.465 e. The molecule has 2 rings (SSSR count). The molecule has 1 aromatic rings. The first-order chi connectivity index (χ1) is 11.6. The van der Waals surface area contributed by atoms with E-state index in [9.17, 15) is 4.79 Å². The molecular weight excluding hydrogens is 328 g/mol. The highest BCUT2D eigenvalue weighted by atomic mass is 32.2. The maximum atomic E-state index is 11.7. The minimum absolute atomic E-state index is 0.0289. The van der Waals surface area contributed by atoms with E-state index in [1.807, 2.05) is 0 Å². The van der Waals surface area contributed by atoms with Crippen molar-refractivity contribution in [2.24, 2.45) is 5.73 Å². The Morgan fingerprint density at radius 2 is 2.21 bits per heavy atom. The Morgan fingerprint density at radius 3 is 2.88 bits per heavy atom. The molecule has 0 aliphatic heterocycles. The van der Waals surface area contributed by atoms with E-state index in [-0.39, 0.29) is 18.6 Å². The fourth-order valence-electron chi connectivity index (χ4n) is 3.00. The molecule has 8 nitrogen and oxygen atoms in total. The summed E-state index contributed by atoms with van der Waals surface area (Å²) >= 11 is 1.79. The summed E-state index contributed by atoms with van der Waals surface area (Å²) < 4.78 is 6.55. The van der Waals surface area contributed by atoms with Crippen molar-refractivity contribution in [1.82, 2.24) is 25.5 Å². The van der Waals surface area contributed by atoms with E-state index in [2.05, 4.69) is 27.1 Å². The Kier molecular flexibility index (Phi) is 7.93. The number of tetrazole rings is 1. The number of rotatable bonds is 9. The van der Waals surface area contributed by atoms with Crippen LogP contribution in [0.15, 0.2) is 0 Å². The maximum absolute atomic E-state index is 11.7. The molecule has 0 aromatic carbocycles. The summed E-state index contributed by atoms with van der Waals surface area (Å²) in [6.45, 7) is 2.19. The molecule has 1 heterocycles. The van der Waals surface area contributed by atoms with Crippen LogP contribution in [-0.4, -0.2) is 56.9 Å². The Balaban J connectivity index is 2.04. The predicted molar refractivity (Wildman–Crippen MR) is 93.6 cm³/mol. The zero-order chi connectivity index (χ0) is 17.4. The molecule has 24 heavy (non-hydrogen) atoms. The van der Waals surface area contributed by atoms with Crippen LogP contribution in [0.1, 0.15) is 50.9 Å². The summed E-state index contributed by atoms with van der Waals surface area (Å²) in [5, 5.41) is 15.6. The number of aromatic nitrogens is 4. The van der Waals surface area contributed by atoms with E-state index in [1.54, 1.807) is 23.4 Å². The summed E-state index contributed by atoms with van der Waals surface area (Å²) in [7, 11) is 0. The van der Waals surface area contributed by atoms with Crippen LogP contribution in [0.4, 0.5) is 0 Å². The van der Waals surface area contributed by atoms with Crippen molar-refractivity contribution in [1.29, 1.82) is 0 Å². The zero-order valence-corrected chi connectivity index (χ0v) is 15.3. The first kappa shape index (κ1) is 19.1. The van der Waals surface area contributed by atoms with Gasteiger partial charge < -0.3 is 15.8 Å². The molecule has 9 heteroatoms. The molecule has 1 fully saturated rings. The van der Waals surface area contributed by atoms with Gasteiger partial charge in [0.05, 0.1) is 12.6 Å². The third kappa shape index (κ3) is 5.71. The number of nitrogens with two attached hydrogens (primary N) is 1. The standard InChI is InChI=1S/C15H28N6O2S/c1-3-23-14(22)10-21-15(18-19-20-21)13(8-9-24-2)17-12-6-4-11(16)5-7-12/h11-13,17H,3-10,16H2,1-2H3. The second kappa shape index (κ2) is 9.95. The molecule has 0 saturated heterocycles. The molecule has 0 amide bonds. The van der Waals surface area contributed by atoms with E-state index in [4.69, 9.17) is 10.5 Å². The molecule has 136 valence electrons. The number of carbonyl (C=O) groups is 1. The lowest BCUT2D eigenvalue weighted by Gasteiger charge is -2.30. The minimum Gasteiger partial charge on any atom is -0.465 e. The molecule has 1 saturated carbocycles. The van der Waals surface area contributed by atoms with Gasteiger partial charge in [-0.1, -0.05) is 0 Å². The quantitative estimate of drug-likeness (QED) is 0.628. The molecule has 1 atom stereocenters. The minimum atomic E-state index is -0.321. The summed E-state index contributed by atoms with van der Waals surface area (Å²) in [6.07, 6.45) is 7.21. The van der Waals surface area contributed by atoms with E-state index in [0.29, 0.717) is 24.5 Å². The first-order valence-electron chi connectivity index (χ1n) is 8.56. The zero-order valence-electron chi connectivity index (χ0n) is 14.5. The summed E-state index contributed by atoms with van der Waals surface area (Å²) in [4.78, 5) is 11.7. The van der Waals surface area contributed by atoms with Gasteiger partial charge in [0, 0.05) is 12.1 Å². The number of nitrogens with zero attached hydrogens (tertiary/aromatic N) is 4. The van der Waals surface area contributed by atoms with Crippen LogP contribution in [0.25, 0.3) is 0 Å². The van der Waals surface area contributed by atoms with Crippen molar-refractivity contribution >= 4 is 17.7 Å². The van der Waals surface area contributed by atoms with Crippen LogP contribution < -0.4 is 11.1 Å². The monoisotopic (exact) mass is 356 g/mol. The topological polar surface area (TPSA) is 108 Å². The van der Waals surface area contributed by atoms with Gasteiger partial charge in [0.2, 0.25) is 0 Å². The summed E-state index contributed by atoms with van der Waals surface area (Å²) in [5.74, 6) is 1.38. The van der Waals surface area contributed by atoms with Gasteiger partial charge in [0.1, 0.15) is 6.54 Å². The highest BCUT2D eigenvalue weighted by molar-refractivity contribution is 7.98. The molecule has 3 N–H and O–H groups in total. The average Bonchev–Trinajstić information content (AvgIpc) is 3.01. The third-order valence-electron chi connectivity index (χ3n) is 4.27. The number of ether oxygens (including phenoxy) is 1. The van der Waals surface area contributed by atoms with Crippen LogP contribution in [0.2, 0.25) is 0 Å². The van der Waals surface area contributed by atoms with E-state index >= 15 is 0 Å².